The molecular weight excluding hydrogens is 332 g/mol. The molecule has 0 amide bonds. The summed E-state index contributed by atoms with van der Waals surface area (Å²) in [4.78, 5) is 8.98. The average Bonchev–Trinajstić information content (AvgIpc) is 3.28. The van der Waals surface area contributed by atoms with Crippen molar-refractivity contribution in [3.05, 3.63) is 35.2 Å². The van der Waals surface area contributed by atoms with E-state index in [-0.39, 0.29) is 0 Å². The van der Waals surface area contributed by atoms with Crippen molar-refractivity contribution in [1.82, 2.24) is 4.98 Å². The summed E-state index contributed by atoms with van der Waals surface area (Å²) in [6.45, 7) is 6.24. The standard InChI is InChI=1S/C15H16N4S3/c1-3-19(4-2)14-11(17-18-15-16-7-9-21-15)10-13(22-14)12-6-5-8-20-12/h5-10H,3-4H2,1-2H3. The minimum Gasteiger partial charge on any atom is -0.362 e. The van der Waals surface area contributed by atoms with Gasteiger partial charge in [-0.15, -0.1) is 44.2 Å². The zero-order valence-corrected chi connectivity index (χ0v) is 14.8. The molecule has 0 unspecified atom stereocenters. The predicted octanol–water partition coefficient (Wildman–Crippen LogP) is 6.19. The van der Waals surface area contributed by atoms with Crippen molar-refractivity contribution in [2.24, 2.45) is 10.2 Å². The Morgan fingerprint density at radius 3 is 2.59 bits per heavy atom. The molecule has 0 spiro atoms. The van der Waals surface area contributed by atoms with E-state index in [0.717, 1.165) is 18.8 Å². The lowest BCUT2D eigenvalue weighted by Crippen LogP contribution is -2.20. The second-order valence-electron chi connectivity index (χ2n) is 4.47. The normalized spacial score (nSPS) is 11.4. The lowest BCUT2D eigenvalue weighted by molar-refractivity contribution is 0.875. The predicted molar refractivity (Wildman–Crippen MR) is 97.5 cm³/mol. The van der Waals surface area contributed by atoms with Crippen LogP contribution in [0.3, 0.4) is 0 Å². The van der Waals surface area contributed by atoms with Crippen molar-refractivity contribution in [3.8, 4) is 9.75 Å². The highest BCUT2D eigenvalue weighted by Gasteiger charge is 2.15. The Labute approximate surface area is 141 Å². The molecule has 0 aliphatic carbocycles. The first kappa shape index (κ1) is 15.3. The topological polar surface area (TPSA) is 40.9 Å². The Morgan fingerprint density at radius 2 is 1.95 bits per heavy atom. The molecule has 22 heavy (non-hydrogen) atoms. The van der Waals surface area contributed by atoms with Gasteiger partial charge in [0.05, 0.1) is 0 Å². The first-order valence-corrected chi connectivity index (χ1v) is 9.63. The van der Waals surface area contributed by atoms with E-state index < -0.39 is 0 Å². The van der Waals surface area contributed by atoms with Gasteiger partial charge in [-0.3, -0.25) is 0 Å². The second kappa shape index (κ2) is 7.13. The third kappa shape index (κ3) is 3.26. The maximum atomic E-state index is 4.44. The third-order valence-electron chi connectivity index (χ3n) is 3.17. The zero-order valence-electron chi connectivity index (χ0n) is 12.4. The fraction of sp³-hybridized carbons (Fsp3) is 0.267. The van der Waals surface area contributed by atoms with Crippen LogP contribution >= 0.6 is 34.0 Å². The maximum absolute atomic E-state index is 4.44. The largest absolute Gasteiger partial charge is 0.362 e. The number of anilines is 1. The van der Waals surface area contributed by atoms with Gasteiger partial charge in [-0.25, -0.2) is 4.98 Å². The van der Waals surface area contributed by atoms with Gasteiger partial charge in [0.2, 0.25) is 5.13 Å². The molecule has 0 aromatic carbocycles. The van der Waals surface area contributed by atoms with Gasteiger partial charge in [-0.1, -0.05) is 6.07 Å². The van der Waals surface area contributed by atoms with Crippen LogP contribution in [0.2, 0.25) is 0 Å². The molecule has 114 valence electrons. The number of rotatable bonds is 6. The van der Waals surface area contributed by atoms with Crippen LogP contribution in [-0.2, 0) is 0 Å². The molecule has 7 heteroatoms. The Kier molecular flexibility index (Phi) is 4.97. The van der Waals surface area contributed by atoms with Crippen LogP contribution in [0.1, 0.15) is 13.8 Å². The van der Waals surface area contributed by atoms with Crippen LogP contribution < -0.4 is 4.90 Å². The molecule has 3 heterocycles. The van der Waals surface area contributed by atoms with Crippen LogP contribution in [0.25, 0.3) is 9.75 Å². The summed E-state index contributed by atoms with van der Waals surface area (Å²) < 4.78 is 0. The first-order valence-electron chi connectivity index (χ1n) is 7.05. The fourth-order valence-corrected chi connectivity index (χ4v) is 4.58. The number of aromatic nitrogens is 1. The molecule has 3 aromatic heterocycles. The number of hydrogen-bond donors (Lipinski definition) is 0. The summed E-state index contributed by atoms with van der Waals surface area (Å²) in [5.74, 6) is 0. The van der Waals surface area contributed by atoms with Crippen LogP contribution in [0, 0.1) is 0 Å². The van der Waals surface area contributed by atoms with Crippen LogP contribution in [-0.4, -0.2) is 18.1 Å². The lowest BCUT2D eigenvalue weighted by atomic mass is 10.3. The van der Waals surface area contributed by atoms with Gasteiger partial charge in [-0.2, -0.15) is 0 Å². The van der Waals surface area contributed by atoms with Gasteiger partial charge < -0.3 is 4.90 Å². The highest BCUT2D eigenvalue weighted by Crippen LogP contribution is 2.44. The number of nitrogens with zero attached hydrogens (tertiary/aromatic N) is 4. The summed E-state index contributed by atoms with van der Waals surface area (Å²) in [7, 11) is 0. The number of thiazole rings is 1. The Bertz CT molecular complexity index is 725. The summed E-state index contributed by atoms with van der Waals surface area (Å²) >= 11 is 5.02. The van der Waals surface area contributed by atoms with E-state index in [1.165, 1.54) is 26.1 Å². The number of hydrogen-bond acceptors (Lipinski definition) is 7. The molecule has 0 bridgehead atoms. The smallest absolute Gasteiger partial charge is 0.229 e. The van der Waals surface area contributed by atoms with Gasteiger partial charge >= 0.3 is 0 Å². The Hall–Kier alpha value is -1.57. The van der Waals surface area contributed by atoms with Crippen molar-refractivity contribution in [1.29, 1.82) is 0 Å². The monoisotopic (exact) mass is 348 g/mol. The van der Waals surface area contributed by atoms with E-state index in [4.69, 9.17) is 0 Å². The highest BCUT2D eigenvalue weighted by molar-refractivity contribution is 7.24. The van der Waals surface area contributed by atoms with E-state index in [2.05, 4.69) is 57.5 Å². The molecule has 0 radical (unpaired) electrons. The van der Waals surface area contributed by atoms with Gasteiger partial charge in [0.15, 0.2) is 0 Å². The molecule has 0 N–H and O–H groups in total. The maximum Gasteiger partial charge on any atom is 0.229 e. The van der Waals surface area contributed by atoms with Crippen LogP contribution in [0.15, 0.2) is 45.4 Å². The van der Waals surface area contributed by atoms with Crippen molar-refractivity contribution < 1.29 is 0 Å². The molecule has 0 atom stereocenters. The third-order valence-corrected chi connectivity index (χ3v) is 6.08. The molecule has 0 aliphatic heterocycles. The average molecular weight is 349 g/mol. The summed E-state index contributed by atoms with van der Waals surface area (Å²) in [6, 6.07) is 6.35. The van der Waals surface area contributed by atoms with Gasteiger partial charge in [0.25, 0.3) is 0 Å². The molecule has 0 aliphatic rings. The summed E-state index contributed by atoms with van der Waals surface area (Å²) in [5.41, 5.74) is 0.923. The zero-order chi connectivity index (χ0) is 15.4. The van der Waals surface area contributed by atoms with Gasteiger partial charge in [-0.05, 0) is 31.4 Å². The number of azo groups is 1. The molecule has 0 fully saturated rings. The quantitative estimate of drug-likeness (QED) is 0.498. The molecule has 0 saturated heterocycles. The Balaban J connectivity index is 1.98. The first-order chi connectivity index (χ1) is 10.8. The summed E-state index contributed by atoms with van der Waals surface area (Å²) in [6.07, 6.45) is 1.75. The fourth-order valence-electron chi connectivity index (χ4n) is 2.08. The van der Waals surface area contributed by atoms with E-state index in [1.807, 2.05) is 5.38 Å². The van der Waals surface area contributed by atoms with E-state index >= 15 is 0 Å². The van der Waals surface area contributed by atoms with Crippen molar-refractivity contribution in [2.45, 2.75) is 13.8 Å². The van der Waals surface area contributed by atoms with Gasteiger partial charge in [0, 0.05) is 34.4 Å². The van der Waals surface area contributed by atoms with E-state index in [0.29, 0.717) is 5.13 Å². The van der Waals surface area contributed by atoms with Crippen LogP contribution in [0.4, 0.5) is 15.8 Å². The van der Waals surface area contributed by atoms with E-state index in [9.17, 15) is 0 Å². The Morgan fingerprint density at radius 1 is 1.09 bits per heavy atom. The van der Waals surface area contributed by atoms with Crippen molar-refractivity contribution in [3.63, 3.8) is 0 Å². The highest BCUT2D eigenvalue weighted by atomic mass is 32.1. The van der Waals surface area contributed by atoms with E-state index in [1.54, 1.807) is 28.9 Å². The second-order valence-corrected chi connectivity index (χ2v) is 7.32. The molecule has 0 saturated carbocycles. The van der Waals surface area contributed by atoms with Crippen LogP contribution in [0.5, 0.6) is 0 Å². The molecular formula is C15H16N4S3. The van der Waals surface area contributed by atoms with Crippen molar-refractivity contribution >= 4 is 49.8 Å². The van der Waals surface area contributed by atoms with Crippen molar-refractivity contribution in [2.75, 3.05) is 18.0 Å². The number of thiophene rings is 2. The summed E-state index contributed by atoms with van der Waals surface area (Å²) in [5, 5.41) is 14.6. The molecule has 4 nitrogen and oxygen atoms in total. The minimum absolute atomic E-state index is 0.689. The molecule has 3 rings (SSSR count). The van der Waals surface area contributed by atoms with Gasteiger partial charge in [0.1, 0.15) is 10.7 Å². The lowest BCUT2D eigenvalue weighted by Gasteiger charge is -2.19. The molecule has 3 aromatic rings. The minimum atomic E-state index is 0.689. The SMILES string of the molecule is CCN(CC)c1sc(-c2cccs2)cc1N=Nc1nccs1.